The molecule has 0 bridgehead atoms. The van der Waals surface area contributed by atoms with E-state index in [-0.39, 0.29) is 80.3 Å². The molecule has 0 aromatic heterocycles. The highest BCUT2D eigenvalue weighted by molar-refractivity contribution is 6.00. The summed E-state index contributed by atoms with van der Waals surface area (Å²) in [4.78, 5) is 15.3. The number of fused-ring (bicyclic) bond motifs is 3. The molecule has 5 fully saturated rings. The van der Waals surface area contributed by atoms with E-state index in [4.69, 9.17) is 10.5 Å². The first kappa shape index (κ1) is 46.4. The van der Waals surface area contributed by atoms with Crippen LogP contribution in [0.4, 0.5) is 0 Å². The van der Waals surface area contributed by atoms with Gasteiger partial charge in [0, 0.05) is 48.6 Å². The van der Waals surface area contributed by atoms with Crippen molar-refractivity contribution in [2.45, 2.75) is 172 Å². The number of carbonyl (C=O) groups excluding carboxylic acids is 1. The van der Waals surface area contributed by atoms with Gasteiger partial charge in [-0.25, -0.2) is 0 Å². The van der Waals surface area contributed by atoms with Gasteiger partial charge in [0.15, 0.2) is 5.78 Å². The Labute approximate surface area is 368 Å². The molecule has 6 aliphatic carbocycles. The number of nitrogens with one attached hydrogen (secondary N) is 2. The van der Waals surface area contributed by atoms with Crippen molar-refractivity contribution in [3.05, 3.63) is 46.8 Å². The molecule has 0 radical (unpaired) electrons. The number of carbonyl (C=O) groups is 1. The summed E-state index contributed by atoms with van der Waals surface area (Å²) in [6.45, 7) is 7.39. The van der Waals surface area contributed by atoms with E-state index in [1.54, 1.807) is 13.8 Å². The van der Waals surface area contributed by atoms with Gasteiger partial charge in [-0.15, -0.1) is 0 Å². The molecule has 2 heterocycles. The van der Waals surface area contributed by atoms with Gasteiger partial charge in [0.05, 0.1) is 53.6 Å². The van der Waals surface area contributed by atoms with E-state index in [0.717, 1.165) is 43.4 Å². The van der Waals surface area contributed by atoms with Gasteiger partial charge in [-0.2, -0.15) is 0 Å². The molecule has 13 heteroatoms. The van der Waals surface area contributed by atoms with Crippen LogP contribution in [0.2, 0.25) is 0 Å². The minimum atomic E-state index is -1.77. The van der Waals surface area contributed by atoms with E-state index in [1.807, 2.05) is 19.1 Å². The Kier molecular flexibility index (Phi) is 13.1. The van der Waals surface area contributed by atoms with Gasteiger partial charge in [0.1, 0.15) is 6.10 Å². The number of allylic oxidation sites excluding steroid dienone is 6. The van der Waals surface area contributed by atoms with Crippen LogP contribution in [0.15, 0.2) is 46.8 Å². The van der Waals surface area contributed by atoms with Crippen molar-refractivity contribution >= 4 is 5.78 Å². The van der Waals surface area contributed by atoms with E-state index >= 15 is 4.79 Å². The first-order valence-corrected chi connectivity index (χ1v) is 24.1. The summed E-state index contributed by atoms with van der Waals surface area (Å²) in [5.41, 5.74) is 3.66. The fourth-order valence-electron chi connectivity index (χ4n) is 15.2. The number of hydrogen-bond donors (Lipinski definition) is 11. The van der Waals surface area contributed by atoms with Crippen LogP contribution in [0.25, 0.3) is 0 Å². The molecule has 62 heavy (non-hydrogen) atoms. The van der Waals surface area contributed by atoms with Crippen LogP contribution in [0.3, 0.4) is 0 Å². The number of hydrogen-bond acceptors (Lipinski definition) is 13. The van der Waals surface area contributed by atoms with E-state index in [9.17, 15) is 40.9 Å². The summed E-state index contributed by atoms with van der Waals surface area (Å²) < 4.78 is 6.70. The van der Waals surface area contributed by atoms with Gasteiger partial charge in [0.2, 0.25) is 0 Å². The Morgan fingerprint density at radius 1 is 1.05 bits per heavy atom. The molecule has 348 valence electrons. The lowest BCUT2D eigenvalue weighted by atomic mass is 9.41. The van der Waals surface area contributed by atoms with E-state index in [2.05, 4.69) is 29.7 Å². The predicted octanol–water partition coefficient (Wildman–Crippen LogP) is 2.84. The van der Waals surface area contributed by atoms with Gasteiger partial charge in [-0.1, -0.05) is 51.3 Å². The summed E-state index contributed by atoms with van der Waals surface area (Å²) in [7, 11) is 0. The summed E-state index contributed by atoms with van der Waals surface area (Å²) in [5, 5.41) is 100. The third-order valence-electron chi connectivity index (χ3n) is 18.0. The average Bonchev–Trinajstić information content (AvgIpc) is 3.57. The maximum Gasteiger partial charge on any atom is 0.182 e. The standard InChI is InChI=1S/C49H77N3O10/c1-5-7-27-9-13-31-32(25-54)44(62-37(31)15-10-27)45(59)47(4,60)38-17-18-49(61)41-40-29(21-46(38,49)3)12-11-28(30-14-16-39(50)52-34(30)8-6-19-53)22-48(40)23-36(57)35(56)20-33(48)43(58)42(41)51-24-26(2)55/h11-12,14,16,26-29,31-33,35-40,44-45,51-57,59-61H,5-10,13,15,17-25,50H2,1-4H3/t26-,27+,28+,29+,31-,32-,33-,35+,36-,37+,38-,39?,40-,44+,45+,46+,47+,48-,49+/m0/s1. The van der Waals surface area contributed by atoms with Crippen LogP contribution in [-0.4, -0.2) is 120 Å². The van der Waals surface area contributed by atoms with Crippen molar-refractivity contribution < 1.29 is 50.4 Å². The van der Waals surface area contributed by atoms with E-state index in [1.165, 1.54) is 6.42 Å². The molecule has 12 N–H and O–H groups in total. The van der Waals surface area contributed by atoms with Crippen LogP contribution in [0.5, 0.6) is 0 Å². The van der Waals surface area contributed by atoms with E-state index in [0.29, 0.717) is 43.6 Å². The van der Waals surface area contributed by atoms with Crippen LogP contribution in [0.1, 0.15) is 118 Å². The smallest absolute Gasteiger partial charge is 0.182 e. The maximum absolute atomic E-state index is 15.3. The summed E-state index contributed by atoms with van der Waals surface area (Å²) in [5.74, 6) is -2.22. The van der Waals surface area contributed by atoms with E-state index < -0.39 is 76.5 Å². The summed E-state index contributed by atoms with van der Waals surface area (Å²) >= 11 is 0. The molecular weight excluding hydrogens is 791 g/mol. The van der Waals surface area contributed by atoms with Gasteiger partial charge in [0.25, 0.3) is 0 Å². The summed E-state index contributed by atoms with van der Waals surface area (Å²) in [6.07, 6.45) is 11.4. The molecule has 2 aliphatic heterocycles. The normalized spacial score (nSPS) is 45.8. The maximum atomic E-state index is 15.3. The molecule has 8 aliphatic rings. The van der Waals surface area contributed by atoms with Crippen molar-refractivity contribution in [1.29, 1.82) is 0 Å². The zero-order valence-corrected chi connectivity index (χ0v) is 37.5. The minimum Gasteiger partial charge on any atom is -0.396 e. The quantitative estimate of drug-likeness (QED) is 0.120. The lowest BCUT2D eigenvalue weighted by molar-refractivity contribution is -0.205. The van der Waals surface area contributed by atoms with Crippen molar-refractivity contribution in [2.24, 2.45) is 63.9 Å². The van der Waals surface area contributed by atoms with Crippen LogP contribution >= 0.6 is 0 Å². The summed E-state index contributed by atoms with van der Waals surface area (Å²) in [6, 6.07) is 0. The largest absolute Gasteiger partial charge is 0.396 e. The van der Waals surface area contributed by atoms with Crippen molar-refractivity contribution in [2.75, 3.05) is 19.8 Å². The zero-order valence-electron chi connectivity index (χ0n) is 37.5. The molecule has 1 unspecified atom stereocenters. The van der Waals surface area contributed by atoms with Gasteiger partial charge in [-0.05, 0) is 137 Å². The van der Waals surface area contributed by atoms with Crippen LogP contribution in [0, 0.1) is 58.2 Å². The molecule has 0 aromatic rings. The molecule has 13 nitrogen and oxygen atoms in total. The van der Waals surface area contributed by atoms with Gasteiger partial charge >= 0.3 is 0 Å². The average molecular weight is 868 g/mol. The van der Waals surface area contributed by atoms with Crippen LogP contribution in [-0.2, 0) is 9.53 Å². The Balaban J connectivity index is 1.22. The molecule has 1 saturated heterocycles. The second-order valence-corrected chi connectivity index (χ2v) is 21.6. The highest BCUT2D eigenvalue weighted by atomic mass is 16.5. The monoisotopic (exact) mass is 868 g/mol. The molecule has 8 rings (SSSR count). The zero-order chi connectivity index (χ0) is 44.5. The van der Waals surface area contributed by atoms with Gasteiger partial charge < -0.3 is 62.0 Å². The van der Waals surface area contributed by atoms with Crippen molar-refractivity contribution in [3.63, 3.8) is 0 Å². The first-order chi connectivity index (χ1) is 29.4. The molecule has 0 amide bonds. The Morgan fingerprint density at radius 2 is 1.81 bits per heavy atom. The second-order valence-electron chi connectivity index (χ2n) is 21.6. The second kappa shape index (κ2) is 17.6. The Hall–Kier alpha value is -2.17. The van der Waals surface area contributed by atoms with Crippen molar-refractivity contribution in [1.82, 2.24) is 10.6 Å². The molecular formula is C49H77N3O10. The number of nitrogens with two attached hydrogens (primary N) is 1. The molecule has 19 atom stereocenters. The number of ether oxygens (including phenoxy) is 1. The topological polar surface area (TPSA) is 238 Å². The molecule has 4 saturated carbocycles. The number of aliphatic hydroxyl groups excluding tert-OH is 6. The fourth-order valence-corrected chi connectivity index (χ4v) is 15.2. The predicted molar refractivity (Wildman–Crippen MR) is 233 cm³/mol. The first-order valence-electron chi connectivity index (χ1n) is 24.1. The number of ketones is 1. The Morgan fingerprint density at radius 3 is 2.52 bits per heavy atom. The SMILES string of the molecule is CCC[C@@H]1CC[C@H]2[C@H](CO)[C@H]([C@@H](O)[C@](C)(O)[C@H]3CC[C@@]4(O)C5=C(NC[C@H](C)O)C(=O)[C@@H]6C[C@@H](O)[C@@H](O)C[C@@]67C[C@H](C6=C(CCCO)NC(N)C=C6)C=C[C@H](C[C@]34C)[C@@H]57)O[C@@H]2CC1. The lowest BCUT2D eigenvalue weighted by Crippen LogP contribution is -2.67. The molecule has 0 aromatic carbocycles. The van der Waals surface area contributed by atoms with Gasteiger partial charge in [-0.3, -0.25) is 4.79 Å². The third kappa shape index (κ3) is 7.50. The fraction of sp³-hybridized carbons (Fsp3) is 0.816. The lowest BCUT2D eigenvalue weighted by Gasteiger charge is -2.64. The minimum absolute atomic E-state index is 0.00795. The number of aliphatic hydroxyl groups is 8. The highest BCUT2D eigenvalue weighted by Gasteiger charge is 2.74. The molecule has 1 spiro atoms. The Bertz CT molecular complexity index is 1800. The van der Waals surface area contributed by atoms with Crippen molar-refractivity contribution in [3.8, 4) is 0 Å². The third-order valence-corrected chi connectivity index (χ3v) is 18.0. The number of Topliss-reactive ketones (excluding diaryl/α,β-unsaturated/α-hetero) is 1. The highest BCUT2D eigenvalue weighted by Crippen LogP contribution is 2.73. The van der Waals surface area contributed by atoms with Crippen LogP contribution < -0.4 is 16.4 Å². The number of rotatable bonds is 13. The number of dihydropyridines is 1.